The van der Waals surface area contributed by atoms with E-state index in [9.17, 15) is 0 Å². The van der Waals surface area contributed by atoms with Crippen molar-refractivity contribution in [3.8, 4) is 0 Å². The molecule has 16 heavy (non-hydrogen) atoms. The van der Waals surface area contributed by atoms with E-state index in [1.165, 1.54) is 5.56 Å². The molecule has 0 aliphatic carbocycles. The van der Waals surface area contributed by atoms with Gasteiger partial charge in [-0.3, -0.25) is 4.90 Å². The summed E-state index contributed by atoms with van der Waals surface area (Å²) in [6.07, 6.45) is 0. The summed E-state index contributed by atoms with van der Waals surface area (Å²) < 4.78 is 5.35. The van der Waals surface area contributed by atoms with Crippen LogP contribution in [0.25, 0.3) is 0 Å². The molecular weight excluding hydrogens is 224 g/mol. The number of nitrogens with zero attached hydrogens (tertiary/aromatic N) is 1. The van der Waals surface area contributed by atoms with Crippen molar-refractivity contribution in [2.75, 3.05) is 32.8 Å². The van der Waals surface area contributed by atoms with Gasteiger partial charge < -0.3 is 10.5 Å². The molecule has 0 spiro atoms. The van der Waals surface area contributed by atoms with Crippen molar-refractivity contribution in [2.24, 2.45) is 5.73 Å². The molecule has 4 heteroatoms. The smallest absolute Gasteiger partial charge is 0.0594 e. The fourth-order valence-corrected chi connectivity index (χ4v) is 2.30. The molecule has 0 amide bonds. The predicted molar refractivity (Wildman–Crippen MR) is 65.6 cm³/mol. The predicted octanol–water partition coefficient (Wildman–Crippen LogP) is 1.67. The highest BCUT2D eigenvalue weighted by atomic mass is 35.5. The molecule has 1 atom stereocenters. The molecule has 2 rings (SSSR count). The van der Waals surface area contributed by atoms with Crippen LogP contribution < -0.4 is 5.73 Å². The Morgan fingerprint density at radius 3 is 2.75 bits per heavy atom. The Kier molecular flexibility index (Phi) is 4.18. The number of hydrogen-bond donors (Lipinski definition) is 1. The topological polar surface area (TPSA) is 38.5 Å². The van der Waals surface area contributed by atoms with E-state index in [0.29, 0.717) is 6.54 Å². The summed E-state index contributed by atoms with van der Waals surface area (Å²) in [5.41, 5.74) is 7.05. The van der Waals surface area contributed by atoms with Crippen molar-refractivity contribution < 1.29 is 4.74 Å². The number of benzene rings is 1. The van der Waals surface area contributed by atoms with Gasteiger partial charge in [0, 0.05) is 30.7 Å². The zero-order valence-corrected chi connectivity index (χ0v) is 9.99. The highest BCUT2D eigenvalue weighted by Crippen LogP contribution is 2.23. The maximum Gasteiger partial charge on any atom is 0.0594 e. The van der Waals surface area contributed by atoms with E-state index < -0.39 is 0 Å². The molecule has 1 heterocycles. The molecular formula is C12H17ClN2O. The Morgan fingerprint density at radius 2 is 2.12 bits per heavy atom. The summed E-state index contributed by atoms with van der Waals surface area (Å²) in [4.78, 5) is 2.36. The minimum absolute atomic E-state index is 0.252. The van der Waals surface area contributed by atoms with Gasteiger partial charge in [0.1, 0.15) is 0 Å². The molecule has 3 nitrogen and oxygen atoms in total. The van der Waals surface area contributed by atoms with E-state index >= 15 is 0 Å². The van der Waals surface area contributed by atoms with Gasteiger partial charge in [-0.25, -0.2) is 0 Å². The molecule has 1 fully saturated rings. The number of ether oxygens (including phenoxy) is 1. The minimum Gasteiger partial charge on any atom is -0.379 e. The first-order valence-corrected chi connectivity index (χ1v) is 5.96. The third-order valence-corrected chi connectivity index (χ3v) is 3.18. The van der Waals surface area contributed by atoms with Gasteiger partial charge in [0.15, 0.2) is 0 Å². The van der Waals surface area contributed by atoms with Crippen LogP contribution in [-0.2, 0) is 4.74 Å². The van der Waals surface area contributed by atoms with Gasteiger partial charge >= 0.3 is 0 Å². The van der Waals surface area contributed by atoms with Gasteiger partial charge in [-0.15, -0.1) is 0 Å². The number of rotatable bonds is 3. The molecule has 1 unspecified atom stereocenters. The summed E-state index contributed by atoms with van der Waals surface area (Å²) in [5.74, 6) is 0. The third-order valence-electron chi connectivity index (χ3n) is 2.94. The summed E-state index contributed by atoms with van der Waals surface area (Å²) in [5, 5.41) is 0.768. The average molecular weight is 241 g/mol. The first kappa shape index (κ1) is 11.9. The molecule has 1 saturated heterocycles. The quantitative estimate of drug-likeness (QED) is 0.874. The number of nitrogens with two attached hydrogens (primary N) is 1. The van der Waals surface area contributed by atoms with Crippen LogP contribution in [0.1, 0.15) is 11.6 Å². The first-order chi connectivity index (χ1) is 7.81. The van der Waals surface area contributed by atoms with Crippen LogP contribution in [0.2, 0.25) is 5.02 Å². The van der Waals surface area contributed by atoms with E-state index in [-0.39, 0.29) is 6.04 Å². The Bertz CT molecular complexity index is 340. The van der Waals surface area contributed by atoms with Crippen LogP contribution in [0.15, 0.2) is 24.3 Å². The standard InChI is InChI=1S/C12H17ClN2O/c13-11-3-1-2-10(8-11)12(9-14)15-4-6-16-7-5-15/h1-3,8,12H,4-7,9,14H2. The number of morpholine rings is 1. The molecule has 0 saturated carbocycles. The van der Waals surface area contributed by atoms with E-state index in [0.717, 1.165) is 31.3 Å². The van der Waals surface area contributed by atoms with Crippen LogP contribution in [0.5, 0.6) is 0 Å². The van der Waals surface area contributed by atoms with Gasteiger partial charge in [-0.1, -0.05) is 23.7 Å². The molecule has 1 aliphatic rings. The Hall–Kier alpha value is -0.610. The van der Waals surface area contributed by atoms with E-state index in [1.807, 2.05) is 18.2 Å². The van der Waals surface area contributed by atoms with E-state index in [2.05, 4.69) is 11.0 Å². The Morgan fingerprint density at radius 1 is 1.38 bits per heavy atom. The lowest BCUT2D eigenvalue weighted by Gasteiger charge is -2.34. The second-order valence-corrected chi connectivity index (χ2v) is 4.39. The van der Waals surface area contributed by atoms with E-state index in [1.54, 1.807) is 0 Å². The van der Waals surface area contributed by atoms with Crippen LogP contribution in [0.3, 0.4) is 0 Å². The Balaban J connectivity index is 2.14. The lowest BCUT2D eigenvalue weighted by molar-refractivity contribution is 0.0179. The van der Waals surface area contributed by atoms with Crippen LogP contribution in [0, 0.1) is 0 Å². The maximum atomic E-state index is 6.00. The van der Waals surface area contributed by atoms with E-state index in [4.69, 9.17) is 22.1 Å². The second-order valence-electron chi connectivity index (χ2n) is 3.95. The zero-order valence-electron chi connectivity index (χ0n) is 9.23. The largest absolute Gasteiger partial charge is 0.379 e. The van der Waals surface area contributed by atoms with Crippen molar-refractivity contribution in [3.63, 3.8) is 0 Å². The zero-order chi connectivity index (χ0) is 11.4. The summed E-state index contributed by atoms with van der Waals surface area (Å²) >= 11 is 6.00. The summed E-state index contributed by atoms with van der Waals surface area (Å²) in [6, 6.07) is 8.19. The van der Waals surface area contributed by atoms with Crippen molar-refractivity contribution in [3.05, 3.63) is 34.9 Å². The van der Waals surface area contributed by atoms with Crippen molar-refractivity contribution in [2.45, 2.75) is 6.04 Å². The minimum atomic E-state index is 0.252. The molecule has 0 radical (unpaired) electrons. The molecule has 0 bridgehead atoms. The molecule has 1 aliphatic heterocycles. The third kappa shape index (κ3) is 2.74. The molecule has 1 aromatic carbocycles. The maximum absolute atomic E-state index is 6.00. The normalized spacial score (nSPS) is 19.6. The first-order valence-electron chi connectivity index (χ1n) is 5.58. The second kappa shape index (κ2) is 5.64. The van der Waals surface area contributed by atoms with Gasteiger partial charge in [-0.2, -0.15) is 0 Å². The molecule has 88 valence electrons. The van der Waals surface area contributed by atoms with Crippen LogP contribution in [-0.4, -0.2) is 37.7 Å². The Labute approximate surface area is 101 Å². The van der Waals surface area contributed by atoms with Gasteiger partial charge in [-0.05, 0) is 17.7 Å². The highest BCUT2D eigenvalue weighted by Gasteiger charge is 2.21. The van der Waals surface area contributed by atoms with Gasteiger partial charge in [0.2, 0.25) is 0 Å². The number of halogens is 1. The molecule has 2 N–H and O–H groups in total. The van der Waals surface area contributed by atoms with Crippen LogP contribution >= 0.6 is 11.6 Å². The fraction of sp³-hybridized carbons (Fsp3) is 0.500. The van der Waals surface area contributed by atoms with Crippen molar-refractivity contribution in [1.29, 1.82) is 0 Å². The van der Waals surface area contributed by atoms with Crippen LogP contribution in [0.4, 0.5) is 0 Å². The molecule has 1 aromatic rings. The monoisotopic (exact) mass is 240 g/mol. The summed E-state index contributed by atoms with van der Waals surface area (Å²) in [7, 11) is 0. The van der Waals surface area contributed by atoms with Gasteiger partial charge in [0.25, 0.3) is 0 Å². The van der Waals surface area contributed by atoms with Gasteiger partial charge in [0.05, 0.1) is 13.2 Å². The number of hydrogen-bond acceptors (Lipinski definition) is 3. The lowest BCUT2D eigenvalue weighted by Crippen LogP contribution is -2.41. The highest BCUT2D eigenvalue weighted by molar-refractivity contribution is 6.30. The average Bonchev–Trinajstić information content (AvgIpc) is 2.31. The van der Waals surface area contributed by atoms with Crippen molar-refractivity contribution >= 4 is 11.6 Å². The molecule has 0 aromatic heterocycles. The fourth-order valence-electron chi connectivity index (χ4n) is 2.10. The lowest BCUT2D eigenvalue weighted by atomic mass is 10.1. The summed E-state index contributed by atoms with van der Waals surface area (Å²) in [6.45, 7) is 4.07. The van der Waals surface area contributed by atoms with Crippen molar-refractivity contribution in [1.82, 2.24) is 4.90 Å². The SMILES string of the molecule is NCC(c1cccc(Cl)c1)N1CCOCC1.